The highest BCUT2D eigenvalue weighted by atomic mass is 32.2. The highest BCUT2D eigenvalue weighted by Crippen LogP contribution is 2.22. The third-order valence-corrected chi connectivity index (χ3v) is 5.25. The van der Waals surface area contributed by atoms with Gasteiger partial charge in [0.2, 0.25) is 0 Å². The SMILES string of the molecule is CC(NCC(C)S(C)=O)c1cnc2ccsc2c1. The lowest BCUT2D eigenvalue weighted by atomic mass is 10.1. The van der Waals surface area contributed by atoms with Crippen molar-refractivity contribution in [3.63, 3.8) is 0 Å². The van der Waals surface area contributed by atoms with Gasteiger partial charge in [0.15, 0.2) is 0 Å². The molecule has 0 bridgehead atoms. The molecule has 98 valence electrons. The van der Waals surface area contributed by atoms with E-state index in [0.717, 1.165) is 12.1 Å². The van der Waals surface area contributed by atoms with Crippen molar-refractivity contribution < 1.29 is 4.21 Å². The minimum absolute atomic E-state index is 0.172. The number of fused-ring (bicyclic) bond motifs is 1. The van der Waals surface area contributed by atoms with Crippen molar-refractivity contribution in [2.45, 2.75) is 25.1 Å². The van der Waals surface area contributed by atoms with Gasteiger partial charge in [0, 0.05) is 41.1 Å². The molecule has 18 heavy (non-hydrogen) atoms. The lowest BCUT2D eigenvalue weighted by Gasteiger charge is -2.16. The summed E-state index contributed by atoms with van der Waals surface area (Å²) in [5.74, 6) is 0. The molecule has 3 atom stereocenters. The first-order valence-electron chi connectivity index (χ1n) is 5.96. The molecule has 2 aromatic heterocycles. The summed E-state index contributed by atoms with van der Waals surface area (Å²) in [5.41, 5.74) is 2.23. The van der Waals surface area contributed by atoms with Gasteiger partial charge < -0.3 is 5.32 Å². The van der Waals surface area contributed by atoms with Crippen LogP contribution in [0.4, 0.5) is 0 Å². The lowest BCUT2D eigenvalue weighted by Crippen LogP contribution is -2.29. The Hall–Kier alpha value is -0.780. The molecule has 0 spiro atoms. The van der Waals surface area contributed by atoms with Gasteiger partial charge in [-0.25, -0.2) is 0 Å². The van der Waals surface area contributed by atoms with Crippen LogP contribution in [-0.2, 0) is 10.8 Å². The number of hydrogen-bond acceptors (Lipinski definition) is 4. The van der Waals surface area contributed by atoms with E-state index in [1.807, 2.05) is 19.2 Å². The Balaban J connectivity index is 2.03. The number of pyridine rings is 1. The standard InChI is InChI=1S/C13H18N2OS2/c1-9(18(3)16)7-14-10(2)11-6-13-12(15-8-11)4-5-17-13/h4-6,8-10,14H,7H2,1-3H3. The minimum atomic E-state index is -0.775. The van der Waals surface area contributed by atoms with Gasteiger partial charge in [-0.1, -0.05) is 0 Å². The Morgan fingerprint density at radius 3 is 3.00 bits per heavy atom. The maximum Gasteiger partial charge on any atom is 0.0809 e. The molecular weight excluding hydrogens is 264 g/mol. The summed E-state index contributed by atoms with van der Waals surface area (Å²) in [7, 11) is -0.775. The smallest absolute Gasteiger partial charge is 0.0809 e. The Kier molecular flexibility index (Phi) is 4.48. The number of nitrogens with zero attached hydrogens (tertiary/aromatic N) is 1. The third-order valence-electron chi connectivity index (χ3n) is 3.10. The molecule has 2 rings (SSSR count). The van der Waals surface area contributed by atoms with Crippen LogP contribution in [0.5, 0.6) is 0 Å². The zero-order chi connectivity index (χ0) is 13.1. The van der Waals surface area contributed by atoms with Crippen LogP contribution < -0.4 is 5.32 Å². The van der Waals surface area contributed by atoms with Gasteiger partial charge in [-0.05, 0) is 36.9 Å². The fourth-order valence-corrected chi connectivity index (χ4v) is 2.80. The molecule has 0 aliphatic heterocycles. The molecule has 0 amide bonds. The first kappa shape index (κ1) is 13.6. The average molecular weight is 282 g/mol. The highest BCUT2D eigenvalue weighted by Gasteiger charge is 2.11. The van der Waals surface area contributed by atoms with E-state index in [0.29, 0.717) is 0 Å². The Bertz CT molecular complexity index is 553. The number of rotatable bonds is 5. The fourth-order valence-electron chi connectivity index (χ4n) is 1.68. The molecule has 3 nitrogen and oxygen atoms in total. The van der Waals surface area contributed by atoms with Crippen LogP contribution in [-0.4, -0.2) is 27.2 Å². The van der Waals surface area contributed by atoms with Crippen molar-refractivity contribution in [3.05, 3.63) is 29.3 Å². The molecule has 2 aromatic rings. The molecular formula is C13H18N2OS2. The van der Waals surface area contributed by atoms with Crippen LogP contribution in [0, 0.1) is 0 Å². The van der Waals surface area contributed by atoms with Gasteiger partial charge in [0.05, 0.1) is 10.2 Å². The average Bonchev–Trinajstić information content (AvgIpc) is 2.82. The molecule has 3 unspecified atom stereocenters. The topological polar surface area (TPSA) is 42.0 Å². The number of nitrogens with one attached hydrogen (secondary N) is 1. The van der Waals surface area contributed by atoms with E-state index in [1.165, 1.54) is 10.3 Å². The van der Waals surface area contributed by atoms with E-state index in [9.17, 15) is 4.21 Å². The van der Waals surface area contributed by atoms with Gasteiger partial charge in [0.1, 0.15) is 0 Å². The predicted molar refractivity (Wildman–Crippen MR) is 79.6 cm³/mol. The van der Waals surface area contributed by atoms with Gasteiger partial charge >= 0.3 is 0 Å². The van der Waals surface area contributed by atoms with Crippen LogP contribution >= 0.6 is 11.3 Å². The Morgan fingerprint density at radius 2 is 2.28 bits per heavy atom. The van der Waals surface area contributed by atoms with E-state index < -0.39 is 10.8 Å². The number of thiophene rings is 1. The molecule has 0 saturated carbocycles. The van der Waals surface area contributed by atoms with E-state index in [4.69, 9.17) is 0 Å². The van der Waals surface area contributed by atoms with Gasteiger partial charge in [0.25, 0.3) is 0 Å². The first-order chi connectivity index (χ1) is 8.58. The van der Waals surface area contributed by atoms with Crippen LogP contribution in [0.1, 0.15) is 25.5 Å². The summed E-state index contributed by atoms with van der Waals surface area (Å²) in [6.07, 6.45) is 3.66. The molecule has 0 aliphatic rings. The summed E-state index contributed by atoms with van der Waals surface area (Å²) in [6, 6.07) is 4.44. The normalized spacial score (nSPS) is 16.6. The Morgan fingerprint density at radius 1 is 1.50 bits per heavy atom. The summed E-state index contributed by atoms with van der Waals surface area (Å²) in [6.45, 7) is 4.87. The van der Waals surface area contributed by atoms with Gasteiger partial charge in [-0.15, -0.1) is 11.3 Å². The lowest BCUT2D eigenvalue weighted by molar-refractivity contribution is 0.568. The molecule has 0 aliphatic carbocycles. The second-order valence-corrected chi connectivity index (χ2v) is 7.26. The zero-order valence-corrected chi connectivity index (χ0v) is 12.5. The first-order valence-corrected chi connectivity index (χ1v) is 8.47. The number of hydrogen-bond donors (Lipinski definition) is 1. The summed E-state index contributed by atoms with van der Waals surface area (Å²) in [5, 5.41) is 5.64. The van der Waals surface area contributed by atoms with E-state index in [-0.39, 0.29) is 11.3 Å². The largest absolute Gasteiger partial charge is 0.309 e. The third kappa shape index (κ3) is 3.16. The van der Waals surface area contributed by atoms with E-state index >= 15 is 0 Å². The van der Waals surface area contributed by atoms with Crippen LogP contribution in [0.15, 0.2) is 23.7 Å². The van der Waals surface area contributed by atoms with Gasteiger partial charge in [-0.2, -0.15) is 0 Å². The molecule has 0 saturated heterocycles. The maximum atomic E-state index is 11.3. The molecule has 0 radical (unpaired) electrons. The quantitative estimate of drug-likeness (QED) is 0.917. The van der Waals surface area contributed by atoms with Crippen molar-refractivity contribution >= 4 is 32.4 Å². The molecule has 0 aromatic carbocycles. The molecule has 1 N–H and O–H groups in total. The van der Waals surface area contributed by atoms with Crippen LogP contribution in [0.2, 0.25) is 0 Å². The van der Waals surface area contributed by atoms with Crippen molar-refractivity contribution in [1.29, 1.82) is 0 Å². The second kappa shape index (κ2) is 5.91. The molecule has 5 heteroatoms. The second-order valence-electron chi connectivity index (χ2n) is 4.51. The zero-order valence-electron chi connectivity index (χ0n) is 10.8. The minimum Gasteiger partial charge on any atom is -0.309 e. The van der Waals surface area contributed by atoms with Crippen molar-refractivity contribution in [2.75, 3.05) is 12.8 Å². The highest BCUT2D eigenvalue weighted by molar-refractivity contribution is 7.84. The summed E-state index contributed by atoms with van der Waals surface area (Å²) >= 11 is 1.71. The maximum absolute atomic E-state index is 11.3. The summed E-state index contributed by atoms with van der Waals surface area (Å²) < 4.78 is 12.5. The van der Waals surface area contributed by atoms with E-state index in [2.05, 4.69) is 28.7 Å². The van der Waals surface area contributed by atoms with Crippen LogP contribution in [0.25, 0.3) is 10.2 Å². The van der Waals surface area contributed by atoms with Crippen molar-refractivity contribution in [2.24, 2.45) is 0 Å². The monoisotopic (exact) mass is 282 g/mol. The number of aromatic nitrogens is 1. The van der Waals surface area contributed by atoms with Crippen LogP contribution in [0.3, 0.4) is 0 Å². The van der Waals surface area contributed by atoms with Crippen molar-refractivity contribution in [1.82, 2.24) is 10.3 Å². The Labute approximate surface area is 114 Å². The van der Waals surface area contributed by atoms with E-state index in [1.54, 1.807) is 17.6 Å². The summed E-state index contributed by atoms with van der Waals surface area (Å²) in [4.78, 5) is 4.43. The predicted octanol–water partition coefficient (Wildman–Crippen LogP) is 2.71. The molecule has 2 heterocycles. The molecule has 0 fully saturated rings. The van der Waals surface area contributed by atoms with Crippen molar-refractivity contribution in [3.8, 4) is 0 Å². The fraction of sp³-hybridized carbons (Fsp3) is 0.462. The van der Waals surface area contributed by atoms with Gasteiger partial charge in [-0.3, -0.25) is 9.19 Å².